The van der Waals surface area contributed by atoms with Gasteiger partial charge in [-0.25, -0.2) is 4.98 Å². The van der Waals surface area contributed by atoms with Crippen LogP contribution in [0.2, 0.25) is 0 Å². The van der Waals surface area contributed by atoms with Crippen molar-refractivity contribution >= 4 is 16.9 Å². The quantitative estimate of drug-likeness (QED) is 0.273. The summed E-state index contributed by atoms with van der Waals surface area (Å²) >= 11 is 0. The highest BCUT2D eigenvalue weighted by Crippen LogP contribution is 2.54. The molecule has 0 bridgehead atoms. The molecule has 5 heterocycles. The normalized spacial score (nSPS) is 21.4. The highest BCUT2D eigenvalue weighted by atomic mass is 16.5. The molecule has 1 unspecified atom stereocenters. The Balaban J connectivity index is 0.991. The first-order chi connectivity index (χ1) is 19.5. The fourth-order valence-electron chi connectivity index (χ4n) is 7.56. The highest BCUT2D eigenvalue weighted by molar-refractivity contribution is 5.76. The minimum Gasteiger partial charge on any atom is -0.437 e. The van der Waals surface area contributed by atoms with E-state index in [-0.39, 0.29) is 0 Å². The molecule has 1 atom stereocenters. The number of fused-ring (bicyclic) bond motifs is 1. The summed E-state index contributed by atoms with van der Waals surface area (Å²) in [5.41, 5.74) is 5.53. The average Bonchev–Trinajstić information content (AvgIpc) is 3.62. The zero-order valence-corrected chi connectivity index (χ0v) is 24.1. The molecule has 1 spiro atoms. The van der Waals surface area contributed by atoms with Gasteiger partial charge in [-0.15, -0.1) is 0 Å². The van der Waals surface area contributed by atoms with Crippen molar-refractivity contribution in [2.24, 2.45) is 5.41 Å². The van der Waals surface area contributed by atoms with Crippen LogP contribution >= 0.6 is 0 Å². The number of nitrogens with one attached hydrogen (secondary N) is 1. The fourth-order valence-corrected chi connectivity index (χ4v) is 7.56. The van der Waals surface area contributed by atoms with Gasteiger partial charge < -0.3 is 14.6 Å². The maximum absolute atomic E-state index is 6.21. The number of anilines is 1. The van der Waals surface area contributed by atoms with E-state index in [9.17, 15) is 0 Å². The summed E-state index contributed by atoms with van der Waals surface area (Å²) in [6, 6.07) is 18.8. The Morgan fingerprint density at radius 1 is 1.02 bits per heavy atom. The molecule has 1 N–H and O–H groups in total. The molecule has 40 heavy (non-hydrogen) atoms. The van der Waals surface area contributed by atoms with Crippen LogP contribution in [-0.4, -0.2) is 45.5 Å². The topological polar surface area (TPSA) is 57.3 Å². The van der Waals surface area contributed by atoms with E-state index in [2.05, 4.69) is 76.9 Å². The number of piperidine rings is 1. The second-order valence-corrected chi connectivity index (χ2v) is 12.7. The third-order valence-corrected chi connectivity index (χ3v) is 9.85. The fraction of sp³-hybridized carbons (Fsp3) is 0.471. The molecule has 3 aliphatic rings. The number of pyridine rings is 2. The molecule has 208 valence electrons. The van der Waals surface area contributed by atoms with Gasteiger partial charge in [0.25, 0.3) is 0 Å². The molecule has 3 fully saturated rings. The molecule has 1 aliphatic carbocycles. The lowest BCUT2D eigenvalue weighted by atomic mass is 9.60. The number of hydrogen-bond donors (Lipinski definition) is 1. The van der Waals surface area contributed by atoms with Crippen molar-refractivity contribution in [2.45, 2.75) is 77.3 Å². The van der Waals surface area contributed by atoms with Gasteiger partial charge >= 0.3 is 0 Å². The first kappa shape index (κ1) is 25.6. The predicted octanol–water partition coefficient (Wildman–Crippen LogP) is 7.77. The van der Waals surface area contributed by atoms with E-state index in [0.717, 1.165) is 41.5 Å². The van der Waals surface area contributed by atoms with Gasteiger partial charge in [-0.3, -0.25) is 4.90 Å². The molecule has 6 heteroatoms. The Hall–Kier alpha value is -3.38. The van der Waals surface area contributed by atoms with Crippen LogP contribution in [0.25, 0.3) is 11.0 Å². The van der Waals surface area contributed by atoms with Crippen LogP contribution in [-0.2, 0) is 0 Å². The monoisotopic (exact) mass is 535 g/mol. The van der Waals surface area contributed by atoms with E-state index >= 15 is 0 Å². The van der Waals surface area contributed by atoms with E-state index in [1.54, 1.807) is 11.8 Å². The number of H-pyrrole nitrogens is 1. The number of aromatic nitrogens is 3. The summed E-state index contributed by atoms with van der Waals surface area (Å²) in [5, 5.41) is 1.04. The van der Waals surface area contributed by atoms with Crippen LogP contribution in [0.3, 0.4) is 0 Å². The molecule has 3 aromatic heterocycles. The molecule has 7 rings (SSSR count). The number of hydrogen-bond acceptors (Lipinski definition) is 5. The number of rotatable bonds is 6. The number of benzene rings is 1. The lowest BCUT2D eigenvalue weighted by Crippen LogP contribution is -2.55. The van der Waals surface area contributed by atoms with E-state index in [1.165, 1.54) is 50.6 Å². The SMILES string of the molecule is Cc1ccc(N2CCC3(CC2)CC(N2CCCC2c2ccccc2C(C)C)C3)nc1Oc1cnc2[nH]ccc2c1. The summed E-state index contributed by atoms with van der Waals surface area (Å²) in [6.07, 6.45) is 11.5. The largest absolute Gasteiger partial charge is 0.437 e. The Kier molecular flexibility index (Phi) is 6.54. The van der Waals surface area contributed by atoms with Gasteiger partial charge in [-0.05, 0) is 92.7 Å². The number of nitrogens with zero attached hydrogens (tertiary/aromatic N) is 4. The molecule has 1 saturated carbocycles. The van der Waals surface area contributed by atoms with Gasteiger partial charge in [0.05, 0.1) is 6.20 Å². The van der Waals surface area contributed by atoms with E-state index in [4.69, 9.17) is 9.72 Å². The maximum atomic E-state index is 6.21. The van der Waals surface area contributed by atoms with Crippen LogP contribution in [0.4, 0.5) is 5.82 Å². The minimum absolute atomic E-state index is 0.507. The minimum atomic E-state index is 0.507. The summed E-state index contributed by atoms with van der Waals surface area (Å²) in [6.45, 7) is 10.1. The molecule has 6 nitrogen and oxygen atoms in total. The second kappa shape index (κ2) is 10.2. The van der Waals surface area contributed by atoms with Gasteiger partial charge in [0.1, 0.15) is 17.2 Å². The number of aromatic amines is 1. The standard InChI is InChI=1S/C34H41N5O/c1-23(2)28-7-4-5-8-29(28)30-9-6-16-39(30)26-20-34(21-26)13-17-38(18-14-34)31-11-10-24(3)33(37-31)40-27-19-25-12-15-35-32(25)36-22-27/h4-5,7-8,10-12,15,19,22-23,26,30H,6,9,13-14,16-18,20-21H2,1-3H3,(H,35,36). The van der Waals surface area contributed by atoms with Gasteiger partial charge in [0, 0.05) is 42.3 Å². The van der Waals surface area contributed by atoms with Crippen molar-refractivity contribution in [3.63, 3.8) is 0 Å². The van der Waals surface area contributed by atoms with Crippen molar-refractivity contribution < 1.29 is 4.74 Å². The van der Waals surface area contributed by atoms with Crippen LogP contribution < -0.4 is 9.64 Å². The molecule has 0 amide bonds. The van der Waals surface area contributed by atoms with Crippen molar-refractivity contribution in [1.82, 2.24) is 19.9 Å². The molecular formula is C34H41N5O. The smallest absolute Gasteiger partial charge is 0.224 e. The summed E-state index contributed by atoms with van der Waals surface area (Å²) in [5.74, 6) is 2.98. The summed E-state index contributed by atoms with van der Waals surface area (Å²) in [7, 11) is 0. The van der Waals surface area contributed by atoms with Gasteiger partial charge in [-0.1, -0.05) is 44.2 Å². The number of aryl methyl sites for hydroxylation is 1. The lowest BCUT2D eigenvalue weighted by molar-refractivity contribution is -0.0228. The summed E-state index contributed by atoms with van der Waals surface area (Å²) < 4.78 is 6.21. The molecule has 4 aromatic rings. The molecular weight excluding hydrogens is 494 g/mol. The van der Waals surface area contributed by atoms with E-state index in [0.29, 0.717) is 29.0 Å². The third-order valence-electron chi connectivity index (χ3n) is 9.85. The van der Waals surface area contributed by atoms with Crippen LogP contribution in [0.5, 0.6) is 11.6 Å². The number of ether oxygens (including phenoxy) is 1. The van der Waals surface area contributed by atoms with Crippen molar-refractivity contribution in [3.8, 4) is 11.6 Å². The Labute approximate surface area is 237 Å². The predicted molar refractivity (Wildman–Crippen MR) is 161 cm³/mol. The summed E-state index contributed by atoms with van der Waals surface area (Å²) in [4.78, 5) is 17.9. The number of likely N-dealkylation sites (tertiary alicyclic amines) is 1. The molecule has 2 aliphatic heterocycles. The molecule has 2 saturated heterocycles. The highest BCUT2D eigenvalue weighted by Gasteiger charge is 2.50. The van der Waals surface area contributed by atoms with Gasteiger partial charge in [0.15, 0.2) is 0 Å². The maximum Gasteiger partial charge on any atom is 0.224 e. The Bertz CT molecular complexity index is 1490. The van der Waals surface area contributed by atoms with Crippen molar-refractivity contribution in [2.75, 3.05) is 24.5 Å². The first-order valence-electron chi connectivity index (χ1n) is 15.2. The van der Waals surface area contributed by atoms with Crippen LogP contribution in [0.15, 0.2) is 60.9 Å². The molecule has 0 radical (unpaired) electrons. The van der Waals surface area contributed by atoms with Crippen molar-refractivity contribution in [3.05, 3.63) is 77.6 Å². The first-order valence-corrected chi connectivity index (χ1v) is 15.2. The zero-order valence-electron chi connectivity index (χ0n) is 24.1. The van der Waals surface area contributed by atoms with E-state index < -0.39 is 0 Å². The lowest BCUT2D eigenvalue weighted by Gasteiger charge is -2.56. The van der Waals surface area contributed by atoms with Crippen LogP contribution in [0.1, 0.15) is 81.0 Å². The van der Waals surface area contributed by atoms with Crippen molar-refractivity contribution in [1.29, 1.82) is 0 Å². The molecule has 1 aromatic carbocycles. The van der Waals surface area contributed by atoms with E-state index in [1.807, 2.05) is 18.3 Å². The Morgan fingerprint density at radius 3 is 2.67 bits per heavy atom. The third kappa shape index (κ3) is 4.66. The average molecular weight is 536 g/mol. The Morgan fingerprint density at radius 2 is 1.85 bits per heavy atom. The van der Waals surface area contributed by atoms with Gasteiger partial charge in [0.2, 0.25) is 5.88 Å². The van der Waals surface area contributed by atoms with Gasteiger partial charge in [-0.2, -0.15) is 4.98 Å². The second-order valence-electron chi connectivity index (χ2n) is 12.7. The zero-order chi connectivity index (χ0) is 27.3. The van der Waals surface area contributed by atoms with Crippen LogP contribution in [0, 0.1) is 12.3 Å².